The number of rotatable bonds is 4. The van der Waals surface area contributed by atoms with E-state index >= 15 is 0 Å². The average Bonchev–Trinajstić information content (AvgIpc) is 2.63. The zero-order valence-corrected chi connectivity index (χ0v) is 10.4. The van der Waals surface area contributed by atoms with Crippen LogP contribution in [0, 0.1) is 0 Å². The smallest absolute Gasteiger partial charge is 0.0689 e. The molecule has 1 saturated carbocycles. The highest BCUT2D eigenvalue weighted by Gasteiger charge is 2.40. The summed E-state index contributed by atoms with van der Waals surface area (Å²) in [5.74, 6) is 0. The second-order valence-electron chi connectivity index (χ2n) is 5.47. The summed E-state index contributed by atoms with van der Waals surface area (Å²) in [6, 6.07) is 0. The molecular weight excluding hydrogens is 202 g/mol. The maximum atomic E-state index is 9.75. The molecule has 0 aromatic carbocycles. The first-order valence-electron chi connectivity index (χ1n) is 6.75. The van der Waals surface area contributed by atoms with E-state index in [0.717, 1.165) is 12.8 Å². The van der Waals surface area contributed by atoms with Gasteiger partial charge in [-0.25, -0.2) is 0 Å². The molecule has 1 heterocycles. The van der Waals surface area contributed by atoms with Crippen LogP contribution in [0.1, 0.15) is 51.4 Å². The maximum absolute atomic E-state index is 9.75. The molecule has 3 heteroatoms. The zero-order chi connectivity index (χ0) is 11.4. The SMILES string of the molecule is CNCC(O)CC1CCC2(CCCCC2)O1. The monoisotopic (exact) mass is 227 g/mol. The van der Waals surface area contributed by atoms with E-state index in [1.165, 1.54) is 38.5 Å². The summed E-state index contributed by atoms with van der Waals surface area (Å²) in [5, 5.41) is 12.8. The maximum Gasteiger partial charge on any atom is 0.0689 e. The molecule has 16 heavy (non-hydrogen) atoms. The number of aliphatic hydroxyl groups is 1. The number of hydrogen-bond acceptors (Lipinski definition) is 3. The van der Waals surface area contributed by atoms with Crippen molar-refractivity contribution in [2.45, 2.75) is 69.2 Å². The van der Waals surface area contributed by atoms with E-state index < -0.39 is 0 Å². The summed E-state index contributed by atoms with van der Waals surface area (Å²) >= 11 is 0. The Balaban J connectivity index is 1.78. The fourth-order valence-electron chi connectivity index (χ4n) is 3.25. The molecule has 3 nitrogen and oxygen atoms in total. The molecule has 0 amide bonds. The molecule has 2 N–H and O–H groups in total. The highest BCUT2D eigenvalue weighted by atomic mass is 16.5. The minimum atomic E-state index is -0.256. The Kier molecular flexibility index (Phi) is 4.22. The molecule has 1 saturated heterocycles. The highest BCUT2D eigenvalue weighted by molar-refractivity contribution is 4.91. The van der Waals surface area contributed by atoms with Crippen molar-refractivity contribution in [3.05, 3.63) is 0 Å². The molecule has 1 aliphatic carbocycles. The van der Waals surface area contributed by atoms with Gasteiger partial charge in [-0.3, -0.25) is 0 Å². The normalized spacial score (nSPS) is 30.8. The van der Waals surface area contributed by atoms with Crippen LogP contribution in [0.5, 0.6) is 0 Å². The summed E-state index contributed by atoms with van der Waals surface area (Å²) in [6.45, 7) is 0.673. The number of ether oxygens (including phenoxy) is 1. The number of hydrogen-bond donors (Lipinski definition) is 2. The average molecular weight is 227 g/mol. The Morgan fingerprint density at radius 1 is 1.31 bits per heavy atom. The summed E-state index contributed by atoms with van der Waals surface area (Å²) in [4.78, 5) is 0. The molecule has 2 atom stereocenters. The Bertz CT molecular complexity index is 214. The van der Waals surface area contributed by atoms with Gasteiger partial charge in [0.25, 0.3) is 0 Å². The Morgan fingerprint density at radius 3 is 2.75 bits per heavy atom. The molecular formula is C13H25NO2. The van der Waals surface area contributed by atoms with E-state index in [4.69, 9.17) is 4.74 Å². The van der Waals surface area contributed by atoms with Crippen LogP contribution in [0.15, 0.2) is 0 Å². The predicted octanol–water partition coefficient (Wildman–Crippen LogP) is 1.84. The van der Waals surface area contributed by atoms with E-state index in [0.29, 0.717) is 12.6 Å². The van der Waals surface area contributed by atoms with Crippen molar-refractivity contribution >= 4 is 0 Å². The van der Waals surface area contributed by atoms with Crippen LogP contribution in [0.3, 0.4) is 0 Å². The summed E-state index contributed by atoms with van der Waals surface area (Å²) in [5.41, 5.74) is 0.197. The standard InChI is InChI=1S/C13H25NO2/c1-14-10-11(15)9-12-5-8-13(16-12)6-3-2-4-7-13/h11-12,14-15H,2-10H2,1H3. The molecule has 2 fully saturated rings. The molecule has 1 aliphatic heterocycles. The van der Waals surface area contributed by atoms with E-state index in [2.05, 4.69) is 5.32 Å². The number of aliphatic hydroxyl groups excluding tert-OH is 1. The summed E-state index contributed by atoms with van der Waals surface area (Å²) in [6.07, 6.45) is 9.69. The van der Waals surface area contributed by atoms with E-state index in [1.807, 2.05) is 7.05 Å². The van der Waals surface area contributed by atoms with Gasteiger partial charge in [0.05, 0.1) is 17.8 Å². The van der Waals surface area contributed by atoms with Crippen LogP contribution in [-0.2, 0) is 4.74 Å². The lowest BCUT2D eigenvalue weighted by Crippen LogP contribution is -2.33. The molecule has 0 radical (unpaired) electrons. The molecule has 2 rings (SSSR count). The predicted molar refractivity (Wildman–Crippen MR) is 64.5 cm³/mol. The Hall–Kier alpha value is -0.120. The Labute approximate surface area is 98.6 Å². The fraction of sp³-hybridized carbons (Fsp3) is 1.00. The molecule has 0 bridgehead atoms. The van der Waals surface area contributed by atoms with Gasteiger partial charge in [-0.2, -0.15) is 0 Å². The minimum Gasteiger partial charge on any atom is -0.392 e. The molecule has 2 aliphatic rings. The van der Waals surface area contributed by atoms with Crippen LogP contribution in [-0.4, -0.2) is 36.5 Å². The van der Waals surface area contributed by atoms with E-state index in [-0.39, 0.29) is 11.7 Å². The van der Waals surface area contributed by atoms with Gasteiger partial charge in [0, 0.05) is 13.0 Å². The molecule has 1 spiro atoms. The minimum absolute atomic E-state index is 0.197. The third-order valence-electron chi connectivity index (χ3n) is 4.08. The molecule has 2 unspecified atom stereocenters. The lowest BCUT2D eigenvalue weighted by Gasteiger charge is -2.33. The summed E-state index contributed by atoms with van der Waals surface area (Å²) in [7, 11) is 1.88. The zero-order valence-electron chi connectivity index (χ0n) is 10.4. The second-order valence-corrected chi connectivity index (χ2v) is 5.47. The van der Waals surface area contributed by atoms with Crippen molar-refractivity contribution in [2.75, 3.05) is 13.6 Å². The second kappa shape index (κ2) is 5.48. The van der Waals surface area contributed by atoms with Crippen LogP contribution < -0.4 is 5.32 Å². The van der Waals surface area contributed by atoms with Gasteiger partial charge in [0.15, 0.2) is 0 Å². The largest absolute Gasteiger partial charge is 0.392 e. The van der Waals surface area contributed by atoms with Crippen LogP contribution in [0.2, 0.25) is 0 Å². The van der Waals surface area contributed by atoms with E-state index in [9.17, 15) is 5.11 Å². The third-order valence-corrected chi connectivity index (χ3v) is 4.08. The molecule has 0 aromatic rings. The Morgan fingerprint density at radius 2 is 2.06 bits per heavy atom. The van der Waals surface area contributed by atoms with Crippen molar-refractivity contribution in [3.63, 3.8) is 0 Å². The third kappa shape index (κ3) is 2.96. The van der Waals surface area contributed by atoms with E-state index in [1.54, 1.807) is 0 Å². The summed E-state index contributed by atoms with van der Waals surface area (Å²) < 4.78 is 6.22. The van der Waals surface area contributed by atoms with Crippen LogP contribution in [0.4, 0.5) is 0 Å². The quantitative estimate of drug-likeness (QED) is 0.770. The van der Waals surface area contributed by atoms with Crippen molar-refractivity contribution in [1.29, 1.82) is 0 Å². The first-order chi connectivity index (χ1) is 7.74. The van der Waals surface area contributed by atoms with Gasteiger partial charge in [-0.1, -0.05) is 19.3 Å². The van der Waals surface area contributed by atoms with Gasteiger partial charge in [0.1, 0.15) is 0 Å². The highest BCUT2D eigenvalue weighted by Crippen LogP contribution is 2.42. The van der Waals surface area contributed by atoms with Crippen LogP contribution in [0.25, 0.3) is 0 Å². The lowest BCUT2D eigenvalue weighted by atomic mass is 9.83. The first-order valence-corrected chi connectivity index (χ1v) is 6.75. The topological polar surface area (TPSA) is 41.5 Å². The van der Waals surface area contributed by atoms with Gasteiger partial charge in [-0.05, 0) is 32.7 Å². The lowest BCUT2D eigenvalue weighted by molar-refractivity contribution is -0.0751. The van der Waals surface area contributed by atoms with Crippen molar-refractivity contribution in [1.82, 2.24) is 5.32 Å². The van der Waals surface area contributed by atoms with Gasteiger partial charge in [0.2, 0.25) is 0 Å². The number of likely N-dealkylation sites (N-methyl/N-ethyl adjacent to an activating group) is 1. The van der Waals surface area contributed by atoms with Gasteiger partial charge in [-0.15, -0.1) is 0 Å². The van der Waals surface area contributed by atoms with Crippen LogP contribution >= 0.6 is 0 Å². The van der Waals surface area contributed by atoms with Gasteiger partial charge >= 0.3 is 0 Å². The molecule has 0 aromatic heterocycles. The fourth-order valence-corrected chi connectivity index (χ4v) is 3.25. The van der Waals surface area contributed by atoms with Crippen molar-refractivity contribution in [2.24, 2.45) is 0 Å². The molecule has 94 valence electrons. The first kappa shape index (κ1) is 12.3. The van der Waals surface area contributed by atoms with Crippen molar-refractivity contribution < 1.29 is 9.84 Å². The number of nitrogens with one attached hydrogen (secondary N) is 1. The van der Waals surface area contributed by atoms with Crippen molar-refractivity contribution in [3.8, 4) is 0 Å². The van der Waals surface area contributed by atoms with Gasteiger partial charge < -0.3 is 15.2 Å².